The third-order valence-electron chi connectivity index (χ3n) is 28.8. The van der Waals surface area contributed by atoms with Gasteiger partial charge in [0.05, 0.1) is 16.6 Å². The minimum atomic E-state index is 0.921. The summed E-state index contributed by atoms with van der Waals surface area (Å²) in [7, 11) is 0. The quantitative estimate of drug-likeness (QED) is 0.128. The molecule has 0 aliphatic carbocycles. The molecule has 10 heteroatoms. The van der Waals surface area contributed by atoms with Crippen molar-refractivity contribution in [2.24, 2.45) is 0 Å². The Bertz CT molecular complexity index is 10500. The predicted octanol–water partition coefficient (Wildman–Crippen LogP) is 38.7. The van der Waals surface area contributed by atoms with Crippen molar-refractivity contribution in [3.05, 3.63) is 480 Å². The first-order valence-corrected chi connectivity index (χ1v) is 51.1. The topological polar surface area (TPSA) is 44.1 Å². The minimum absolute atomic E-state index is 0.921. The summed E-state index contributed by atoms with van der Waals surface area (Å²) in [5, 5.41) is 32.0. The van der Waals surface area contributed by atoms with Gasteiger partial charge in [0.25, 0.3) is 0 Å². The van der Waals surface area contributed by atoms with Gasteiger partial charge in [0.1, 0.15) is 11.2 Å². The average molecular weight is 1870 g/mol. The van der Waals surface area contributed by atoms with Crippen molar-refractivity contribution < 1.29 is 4.42 Å². The molecule has 22 aromatic carbocycles. The molecule has 658 valence electrons. The van der Waals surface area contributed by atoms with Crippen molar-refractivity contribution in [1.82, 2.24) is 18.7 Å². The van der Waals surface area contributed by atoms with E-state index in [0.29, 0.717) is 0 Å². The summed E-state index contributed by atoms with van der Waals surface area (Å²) in [5.41, 5.74) is 22.0. The van der Waals surface area contributed by atoms with Crippen LogP contribution < -0.4 is 4.90 Å². The predicted molar refractivity (Wildman–Crippen MR) is 608 cm³/mol. The summed E-state index contributed by atoms with van der Waals surface area (Å²) in [4.78, 5) is 6.99. The Morgan fingerprint density at radius 3 is 1.11 bits per heavy atom. The highest BCUT2D eigenvalue weighted by Gasteiger charge is 2.27. The third kappa shape index (κ3) is 13.1. The number of pyridine rings is 1. The summed E-state index contributed by atoms with van der Waals surface area (Å²) in [5.74, 6) is 0. The van der Waals surface area contributed by atoms with Crippen LogP contribution in [0.1, 0.15) is 0 Å². The molecule has 31 rings (SSSR count). The molecule has 0 saturated carbocycles. The van der Waals surface area contributed by atoms with Gasteiger partial charge in [-0.1, -0.05) is 261 Å². The highest BCUT2D eigenvalue weighted by molar-refractivity contribution is 7.28. The Morgan fingerprint density at radius 2 is 0.603 bits per heavy atom. The minimum Gasteiger partial charge on any atom is -0.456 e. The van der Waals surface area contributed by atoms with Gasteiger partial charge in [0.2, 0.25) is 0 Å². The van der Waals surface area contributed by atoms with E-state index in [4.69, 9.17) is 4.42 Å². The normalized spacial score (nSPS) is 12.0. The molecule has 9 heterocycles. The fourth-order valence-electron chi connectivity index (χ4n) is 22.5. The number of hydrogen-bond acceptors (Lipinski definition) is 7. The number of para-hydroxylation sites is 6. The highest BCUT2D eigenvalue weighted by atomic mass is 32.1. The van der Waals surface area contributed by atoms with Gasteiger partial charge in [0, 0.05) is 200 Å². The Balaban J connectivity index is 0.000000102. The Morgan fingerprint density at radius 1 is 0.213 bits per heavy atom. The van der Waals surface area contributed by atoms with Crippen LogP contribution in [-0.2, 0) is 0 Å². The summed E-state index contributed by atoms with van der Waals surface area (Å²) in [6, 6.07) is 164. The van der Waals surface area contributed by atoms with Gasteiger partial charge in [-0.2, -0.15) is 0 Å². The van der Waals surface area contributed by atoms with Crippen molar-refractivity contribution in [3.8, 4) is 61.6 Å². The molecule has 0 aliphatic heterocycles. The molecule has 6 nitrogen and oxygen atoms in total. The van der Waals surface area contributed by atoms with Crippen molar-refractivity contribution in [2.45, 2.75) is 0 Å². The van der Waals surface area contributed by atoms with E-state index in [2.05, 4.69) is 479 Å². The van der Waals surface area contributed by atoms with Crippen LogP contribution in [0.4, 0.5) is 17.1 Å². The lowest BCUT2D eigenvalue weighted by Crippen LogP contribution is -2.09. The molecule has 0 bridgehead atoms. The summed E-state index contributed by atoms with van der Waals surface area (Å²) < 4.78 is 23.8. The zero-order valence-electron chi connectivity index (χ0n) is 75.9. The van der Waals surface area contributed by atoms with Gasteiger partial charge in [-0.05, 0) is 270 Å². The van der Waals surface area contributed by atoms with Crippen molar-refractivity contribution in [3.63, 3.8) is 0 Å². The number of aromatic nitrogens is 4. The van der Waals surface area contributed by atoms with Crippen LogP contribution in [-0.4, -0.2) is 18.7 Å². The van der Waals surface area contributed by atoms with Gasteiger partial charge in [-0.15, -0.1) is 45.3 Å². The first kappa shape index (κ1) is 80.9. The lowest BCUT2D eigenvalue weighted by molar-refractivity contribution is 0.669. The van der Waals surface area contributed by atoms with E-state index >= 15 is 0 Å². The van der Waals surface area contributed by atoms with Crippen LogP contribution in [0.25, 0.3) is 262 Å². The fraction of sp³-hybridized carbons (Fsp3) is 0. The number of furan rings is 1. The number of nitrogens with zero attached hydrogens (tertiary/aromatic N) is 5. The number of hydrogen-bond donors (Lipinski definition) is 0. The molecular weight excluding hydrogens is 1790 g/mol. The second-order valence-electron chi connectivity index (χ2n) is 36.7. The molecule has 0 saturated heterocycles. The first-order chi connectivity index (χ1) is 69.9. The van der Waals surface area contributed by atoms with Crippen LogP contribution in [0.2, 0.25) is 0 Å². The maximum atomic E-state index is 6.19. The maximum Gasteiger partial charge on any atom is 0.135 e. The van der Waals surface area contributed by atoms with Gasteiger partial charge in [0.15, 0.2) is 0 Å². The smallest absolute Gasteiger partial charge is 0.135 e. The molecule has 9 aromatic heterocycles. The number of rotatable bonds is 10. The lowest BCUT2D eigenvalue weighted by Gasteiger charge is -2.26. The number of anilines is 3. The van der Waals surface area contributed by atoms with Gasteiger partial charge in [-0.3, -0.25) is 4.98 Å². The SMILES string of the molecule is c1ccc(-n2ccc3cc4c(cc(-c5ccc6oc7ccccc7c6c5)c5ccc6c7ccccc7sc6c54)cc32)cc1.c1ccc(-n2ccc3cc4c(cc(-c5cccc6c5sc5ccccc56)c5ccc6c7ccccc7sc6c54)cc32)cc1.c1ccc(N(c2ccccc2)c2ccc(-c3c(-c4cccnc4)c4ccc5c6ccccc6sc5c4c4cc5ccn(-c6ccccc6)c5cc34)cc2)cc1. The average Bonchev–Trinajstić information content (AvgIpc) is 1.66. The Labute approximate surface area is 825 Å². The molecule has 0 amide bonds. The van der Waals surface area contributed by atoms with Gasteiger partial charge in [-0.25, -0.2) is 0 Å². The molecule has 0 fully saturated rings. The number of thiophene rings is 4. The third-order valence-corrected chi connectivity index (χ3v) is 33.7. The van der Waals surface area contributed by atoms with Crippen LogP contribution in [0.15, 0.2) is 484 Å². The van der Waals surface area contributed by atoms with Crippen LogP contribution in [0.3, 0.4) is 0 Å². The molecule has 0 unspecified atom stereocenters. The van der Waals surface area contributed by atoms with Crippen molar-refractivity contribution >= 4 is 262 Å². The molecule has 0 N–H and O–H groups in total. The van der Waals surface area contributed by atoms with Crippen LogP contribution >= 0.6 is 45.3 Å². The largest absolute Gasteiger partial charge is 0.456 e. The summed E-state index contributed by atoms with van der Waals surface area (Å²) >= 11 is 7.63. The van der Waals surface area contributed by atoms with E-state index < -0.39 is 0 Å². The number of benzene rings is 22. The van der Waals surface area contributed by atoms with E-state index in [1.165, 1.54) is 223 Å². The molecule has 0 atom stereocenters. The first-order valence-electron chi connectivity index (χ1n) is 47.8. The monoisotopic (exact) mass is 1870 g/mol. The molecule has 0 spiro atoms. The maximum absolute atomic E-state index is 6.19. The van der Waals surface area contributed by atoms with E-state index in [-0.39, 0.29) is 0 Å². The molecule has 0 radical (unpaired) electrons. The fourth-order valence-corrected chi connectivity index (χ4v) is 27.5. The standard InChI is InChI=1S/C51H33N3S.C40H23NOS.C40H23NS2/c1-4-14-37(15-5-1)53-30-28-35-31-44-45(32-46(35)53)48(34-22-24-40(25-23-34)54(38-16-6-2-7-17-38)39-18-8-3-9-19-39)49(36-13-12-29-52-33-36)43-27-26-42-41-20-10-11-21-47(41)55-51(42)50(43)44;1-2-8-27(9-3-1)41-19-18-25-21-33-26(23-35(25)41)22-32(24-14-17-37-34(20-24)28-10-4-6-12-36(28)42-37)30-15-16-31-29-11-5-7-13-38(29)43-40(31)39(30)33;1-2-9-26(10-3-1)41-20-19-24-21-33-25(23-35(24)41)22-34(31-14-8-13-30-27-11-4-6-15-36(27)42-39(30)31)29-17-18-32-28-12-5-7-16-37(28)43-40(32)38(29)33/h1-33H;2*1-23H. The second-order valence-corrected chi connectivity index (χ2v) is 40.9. The molecule has 0 aliphatic rings. The summed E-state index contributed by atoms with van der Waals surface area (Å²) in [6.07, 6.45) is 10.5. The van der Waals surface area contributed by atoms with Gasteiger partial charge < -0.3 is 23.0 Å². The molecule has 141 heavy (non-hydrogen) atoms. The van der Waals surface area contributed by atoms with E-state index in [9.17, 15) is 0 Å². The zero-order valence-corrected chi connectivity index (χ0v) is 79.2. The Hall–Kier alpha value is -17.4. The highest BCUT2D eigenvalue weighted by Crippen LogP contribution is 2.55. The molecule has 31 aromatic rings. The molecular formula is C131H79N5OS4. The second kappa shape index (κ2) is 32.7. The number of fused-ring (bicyclic) bond motifs is 30. The van der Waals surface area contributed by atoms with Gasteiger partial charge >= 0.3 is 0 Å². The van der Waals surface area contributed by atoms with E-state index in [1.807, 2.05) is 69.9 Å². The Kier molecular flexibility index (Phi) is 18.7. The van der Waals surface area contributed by atoms with Crippen molar-refractivity contribution in [2.75, 3.05) is 4.90 Å². The van der Waals surface area contributed by atoms with E-state index in [1.54, 1.807) is 0 Å². The zero-order chi connectivity index (χ0) is 92.4. The summed E-state index contributed by atoms with van der Waals surface area (Å²) in [6.45, 7) is 0. The van der Waals surface area contributed by atoms with Crippen molar-refractivity contribution in [1.29, 1.82) is 0 Å². The van der Waals surface area contributed by atoms with Crippen LogP contribution in [0.5, 0.6) is 0 Å². The lowest BCUT2D eigenvalue weighted by atomic mass is 9.84. The van der Waals surface area contributed by atoms with E-state index in [0.717, 1.165) is 55.8 Å². The van der Waals surface area contributed by atoms with Crippen LogP contribution in [0, 0.1) is 0 Å².